The van der Waals surface area contributed by atoms with Crippen LogP contribution < -0.4 is 5.32 Å². The third kappa shape index (κ3) is 4.05. The number of phenols is 1. The monoisotopic (exact) mass is 450 g/mol. The number of nitrogens with one attached hydrogen (secondary N) is 1. The molecule has 32 heavy (non-hydrogen) atoms. The van der Waals surface area contributed by atoms with Crippen molar-refractivity contribution in [2.24, 2.45) is 0 Å². The molecule has 0 aliphatic carbocycles. The van der Waals surface area contributed by atoms with Crippen LogP contribution in [-0.4, -0.2) is 43.8 Å². The number of hydrogen-bond donors (Lipinski definition) is 2. The van der Waals surface area contributed by atoms with Gasteiger partial charge in [-0.25, -0.2) is 0 Å². The standard InChI is InChI=1S/C24H26N4O3S/c1-4-31-21(30)14-27-23(22(26-24(27)32)20-7-5-6-12-25-20)19-13-15(2)28(16(19)3)17-8-10-18(29)11-9-17/h5-13,22-23,29H,4,14H2,1-3H3,(H,26,32)/t22-,23-/m1/s1. The van der Waals surface area contributed by atoms with Crippen LogP contribution in [0.2, 0.25) is 0 Å². The molecule has 1 aliphatic rings. The molecule has 1 fully saturated rings. The molecular formula is C24H26N4O3S. The molecule has 3 aromatic rings. The normalized spacial score (nSPS) is 18.0. The quantitative estimate of drug-likeness (QED) is 0.438. The van der Waals surface area contributed by atoms with Gasteiger partial charge in [0.05, 0.1) is 24.4 Å². The van der Waals surface area contributed by atoms with Gasteiger partial charge in [0, 0.05) is 23.3 Å². The van der Waals surface area contributed by atoms with Gasteiger partial charge in [-0.3, -0.25) is 9.78 Å². The Labute approximate surface area is 192 Å². The molecule has 0 radical (unpaired) electrons. The minimum absolute atomic E-state index is 0.0521. The first kappa shape index (κ1) is 21.8. The lowest BCUT2D eigenvalue weighted by Crippen LogP contribution is -2.35. The topological polar surface area (TPSA) is 79.6 Å². The van der Waals surface area contributed by atoms with Gasteiger partial charge in [0.2, 0.25) is 0 Å². The molecule has 4 rings (SSSR count). The highest BCUT2D eigenvalue weighted by molar-refractivity contribution is 7.80. The van der Waals surface area contributed by atoms with Gasteiger partial charge in [-0.2, -0.15) is 0 Å². The molecule has 2 atom stereocenters. The average Bonchev–Trinajstić information content (AvgIpc) is 3.25. The Morgan fingerprint density at radius 2 is 1.97 bits per heavy atom. The molecule has 7 nitrogen and oxygen atoms in total. The summed E-state index contributed by atoms with van der Waals surface area (Å²) in [7, 11) is 0. The average molecular weight is 451 g/mol. The highest BCUT2D eigenvalue weighted by Gasteiger charge is 2.42. The van der Waals surface area contributed by atoms with E-state index in [0.717, 1.165) is 28.3 Å². The lowest BCUT2D eigenvalue weighted by Gasteiger charge is -2.27. The van der Waals surface area contributed by atoms with Crippen LogP contribution in [0.1, 0.15) is 41.7 Å². The number of carbonyl (C=O) groups excluding carboxylic acids is 1. The van der Waals surface area contributed by atoms with Crippen LogP contribution in [-0.2, 0) is 9.53 Å². The van der Waals surface area contributed by atoms with Crippen molar-refractivity contribution in [3.05, 3.63) is 77.4 Å². The van der Waals surface area contributed by atoms with Gasteiger partial charge in [0.15, 0.2) is 5.11 Å². The van der Waals surface area contributed by atoms with E-state index in [1.54, 1.807) is 25.3 Å². The van der Waals surface area contributed by atoms with Crippen molar-refractivity contribution in [1.29, 1.82) is 0 Å². The lowest BCUT2D eigenvalue weighted by molar-refractivity contribution is -0.143. The summed E-state index contributed by atoms with van der Waals surface area (Å²) in [6, 6.07) is 14.5. The molecule has 0 spiro atoms. The highest BCUT2D eigenvalue weighted by atomic mass is 32.1. The third-order valence-corrected chi connectivity index (χ3v) is 6.05. The molecule has 2 N–H and O–H groups in total. The zero-order valence-electron chi connectivity index (χ0n) is 18.3. The zero-order chi connectivity index (χ0) is 22.8. The molecule has 166 valence electrons. The van der Waals surface area contributed by atoms with Gasteiger partial charge in [-0.15, -0.1) is 0 Å². The Balaban J connectivity index is 1.80. The minimum Gasteiger partial charge on any atom is -0.508 e. The number of aryl methyl sites for hydroxylation is 1. The van der Waals surface area contributed by atoms with Crippen LogP contribution >= 0.6 is 12.2 Å². The van der Waals surface area contributed by atoms with Gasteiger partial charge < -0.3 is 24.6 Å². The molecule has 8 heteroatoms. The first-order valence-electron chi connectivity index (χ1n) is 10.5. The first-order chi connectivity index (χ1) is 15.4. The molecule has 3 heterocycles. The number of esters is 1. The predicted octanol–water partition coefficient (Wildman–Crippen LogP) is 3.73. The summed E-state index contributed by atoms with van der Waals surface area (Å²) in [5.41, 5.74) is 4.91. The van der Waals surface area contributed by atoms with Crippen molar-refractivity contribution < 1.29 is 14.6 Å². The summed E-state index contributed by atoms with van der Waals surface area (Å²) >= 11 is 5.63. The maximum absolute atomic E-state index is 12.4. The van der Waals surface area contributed by atoms with Gasteiger partial charge in [-0.1, -0.05) is 6.07 Å². The summed E-state index contributed by atoms with van der Waals surface area (Å²) in [5.74, 6) is -0.103. The fraction of sp³-hybridized carbons (Fsp3) is 0.292. The number of benzene rings is 1. The van der Waals surface area contributed by atoms with Crippen molar-refractivity contribution in [3.63, 3.8) is 0 Å². The SMILES string of the molecule is CCOC(=O)CN1C(=S)N[C@H](c2ccccn2)[C@H]1c1cc(C)n(-c2ccc(O)cc2)c1C. The highest BCUT2D eigenvalue weighted by Crippen LogP contribution is 2.41. The Bertz CT molecular complexity index is 1130. The van der Waals surface area contributed by atoms with Gasteiger partial charge in [0.25, 0.3) is 0 Å². The number of pyridine rings is 1. The van der Waals surface area contributed by atoms with E-state index in [4.69, 9.17) is 17.0 Å². The number of ether oxygens (including phenoxy) is 1. The molecule has 0 unspecified atom stereocenters. The van der Waals surface area contributed by atoms with Gasteiger partial charge in [0.1, 0.15) is 12.3 Å². The van der Waals surface area contributed by atoms with Crippen LogP contribution in [0.4, 0.5) is 0 Å². The Kier molecular flexibility index (Phi) is 6.14. The van der Waals surface area contributed by atoms with Crippen molar-refractivity contribution in [2.75, 3.05) is 13.2 Å². The number of aromatic hydroxyl groups is 1. The Hall–Kier alpha value is -3.39. The Morgan fingerprint density at radius 1 is 1.22 bits per heavy atom. The van der Waals surface area contributed by atoms with E-state index in [1.165, 1.54) is 0 Å². The van der Waals surface area contributed by atoms with Crippen LogP contribution in [0.15, 0.2) is 54.7 Å². The van der Waals surface area contributed by atoms with Crippen molar-refractivity contribution in [3.8, 4) is 11.4 Å². The maximum Gasteiger partial charge on any atom is 0.325 e. The van der Waals surface area contributed by atoms with Crippen LogP contribution in [0.25, 0.3) is 5.69 Å². The van der Waals surface area contributed by atoms with Crippen LogP contribution in [0.3, 0.4) is 0 Å². The molecule has 2 aromatic heterocycles. The number of thiocarbonyl (C=S) groups is 1. The second kappa shape index (κ2) is 9.00. The molecule has 1 aromatic carbocycles. The second-order valence-corrected chi connectivity index (χ2v) is 8.12. The molecule has 1 saturated heterocycles. The lowest BCUT2D eigenvalue weighted by atomic mass is 9.97. The predicted molar refractivity (Wildman–Crippen MR) is 126 cm³/mol. The second-order valence-electron chi connectivity index (χ2n) is 7.74. The van der Waals surface area contributed by atoms with Crippen molar-refractivity contribution in [2.45, 2.75) is 32.9 Å². The van der Waals surface area contributed by atoms with Gasteiger partial charge in [-0.05, 0) is 81.0 Å². The van der Waals surface area contributed by atoms with E-state index < -0.39 is 0 Å². The van der Waals surface area contributed by atoms with E-state index in [-0.39, 0.29) is 30.3 Å². The van der Waals surface area contributed by atoms with E-state index in [9.17, 15) is 9.90 Å². The Morgan fingerprint density at radius 3 is 2.62 bits per heavy atom. The van der Waals surface area contributed by atoms with E-state index in [2.05, 4.69) is 27.9 Å². The summed E-state index contributed by atoms with van der Waals surface area (Å²) < 4.78 is 7.34. The number of rotatable bonds is 6. The number of aromatic nitrogens is 2. The molecular weight excluding hydrogens is 424 g/mol. The van der Waals surface area contributed by atoms with Crippen molar-refractivity contribution in [1.82, 2.24) is 19.8 Å². The largest absolute Gasteiger partial charge is 0.508 e. The summed E-state index contributed by atoms with van der Waals surface area (Å²) in [5, 5.41) is 13.5. The van der Waals surface area contributed by atoms with E-state index >= 15 is 0 Å². The smallest absolute Gasteiger partial charge is 0.325 e. The van der Waals surface area contributed by atoms with Crippen LogP contribution in [0, 0.1) is 13.8 Å². The first-order valence-corrected chi connectivity index (χ1v) is 10.9. The van der Waals surface area contributed by atoms with E-state index in [1.807, 2.05) is 42.2 Å². The maximum atomic E-state index is 12.4. The van der Waals surface area contributed by atoms with Crippen LogP contribution in [0.5, 0.6) is 5.75 Å². The van der Waals surface area contributed by atoms with E-state index in [0.29, 0.717) is 11.7 Å². The third-order valence-electron chi connectivity index (χ3n) is 5.70. The summed E-state index contributed by atoms with van der Waals surface area (Å²) in [4.78, 5) is 18.8. The molecule has 0 saturated carbocycles. The number of carbonyl (C=O) groups is 1. The van der Waals surface area contributed by atoms with Crippen molar-refractivity contribution >= 4 is 23.3 Å². The molecule has 0 bridgehead atoms. The number of nitrogens with zero attached hydrogens (tertiary/aromatic N) is 3. The van der Waals surface area contributed by atoms with Gasteiger partial charge >= 0.3 is 5.97 Å². The zero-order valence-corrected chi connectivity index (χ0v) is 19.1. The number of phenolic OH excluding ortho intramolecular Hbond substituents is 1. The number of hydrogen-bond acceptors (Lipinski definition) is 5. The summed E-state index contributed by atoms with van der Waals surface area (Å²) in [6.45, 7) is 6.25. The fourth-order valence-electron chi connectivity index (χ4n) is 4.35. The molecule has 1 aliphatic heterocycles. The molecule has 0 amide bonds. The summed E-state index contributed by atoms with van der Waals surface area (Å²) in [6.07, 6.45) is 1.75. The minimum atomic E-state index is -0.323. The fourth-order valence-corrected chi connectivity index (χ4v) is 4.65.